The number of halogens is 3. The van der Waals surface area contributed by atoms with Crippen LogP contribution in [0.1, 0.15) is 22.3 Å². The van der Waals surface area contributed by atoms with Crippen LogP contribution in [0.15, 0.2) is 103 Å². The lowest BCUT2D eigenvalue weighted by Crippen LogP contribution is -2.09. The van der Waals surface area contributed by atoms with Crippen LogP contribution in [0.2, 0.25) is 0 Å². The van der Waals surface area contributed by atoms with Crippen molar-refractivity contribution in [3.05, 3.63) is 125 Å². The third-order valence-corrected chi connectivity index (χ3v) is 7.79. The van der Waals surface area contributed by atoms with E-state index in [0.29, 0.717) is 44.5 Å². The van der Waals surface area contributed by atoms with Crippen LogP contribution in [-0.2, 0) is 6.18 Å². The summed E-state index contributed by atoms with van der Waals surface area (Å²) in [5.41, 5.74) is 2.81. The van der Waals surface area contributed by atoms with E-state index in [4.69, 9.17) is 9.97 Å². The third-order valence-electron chi connectivity index (χ3n) is 7.79. The summed E-state index contributed by atoms with van der Waals surface area (Å²) in [6.07, 6.45) is -4.81. The molecule has 0 radical (unpaired) electrons. The minimum Gasteiger partial charge on any atom is -0.247 e. The van der Waals surface area contributed by atoms with Crippen LogP contribution in [0.4, 0.5) is 13.2 Å². The summed E-state index contributed by atoms with van der Waals surface area (Å²) < 4.78 is 45.1. The largest absolute Gasteiger partial charge is 0.417 e. The van der Waals surface area contributed by atoms with E-state index >= 15 is 13.2 Å². The fraction of sp³-hybridized carbons (Fsp3) is 0.0270. The molecule has 0 aliphatic heterocycles. The van der Waals surface area contributed by atoms with Crippen molar-refractivity contribution in [2.75, 3.05) is 0 Å². The van der Waals surface area contributed by atoms with E-state index < -0.39 is 11.7 Å². The van der Waals surface area contributed by atoms with Gasteiger partial charge < -0.3 is 0 Å². The van der Waals surface area contributed by atoms with Crippen LogP contribution >= 0.6 is 0 Å². The Labute approximate surface area is 259 Å². The number of para-hydroxylation sites is 1. The van der Waals surface area contributed by atoms with E-state index in [0.717, 1.165) is 6.07 Å². The molecule has 7 rings (SSSR count). The molecule has 0 bridgehead atoms. The topological polar surface area (TPSA) is 110 Å². The van der Waals surface area contributed by atoms with Gasteiger partial charge in [-0.15, -0.1) is 0 Å². The maximum Gasteiger partial charge on any atom is 0.417 e. The monoisotopic (exact) mass is 602 g/mol. The molecule has 0 saturated heterocycles. The van der Waals surface area contributed by atoms with E-state index in [1.165, 1.54) is 0 Å². The number of aromatic nitrogens is 3. The molecule has 0 fully saturated rings. The molecular formula is C37H17F3N6. The second kappa shape index (κ2) is 10.8. The van der Waals surface area contributed by atoms with Gasteiger partial charge in [-0.1, -0.05) is 60.7 Å². The molecular weight excluding hydrogens is 585 g/mol. The Kier molecular flexibility index (Phi) is 6.62. The summed E-state index contributed by atoms with van der Waals surface area (Å²) in [7, 11) is 0. The predicted molar refractivity (Wildman–Crippen MR) is 168 cm³/mol. The maximum absolute atomic E-state index is 15.0. The van der Waals surface area contributed by atoms with Gasteiger partial charge in [-0.2, -0.15) is 29.0 Å². The Morgan fingerprint density at radius 2 is 1.11 bits per heavy atom. The van der Waals surface area contributed by atoms with Gasteiger partial charge >= 0.3 is 6.18 Å². The Bertz CT molecular complexity index is 2480. The Morgan fingerprint density at radius 1 is 0.543 bits per heavy atom. The molecule has 0 saturated carbocycles. The second-order valence-corrected chi connectivity index (χ2v) is 10.5. The van der Waals surface area contributed by atoms with E-state index in [9.17, 15) is 15.8 Å². The number of nitrogens with zero attached hydrogens (tertiary/aromatic N) is 6. The third kappa shape index (κ3) is 4.63. The molecule has 2 heterocycles. The summed E-state index contributed by atoms with van der Waals surface area (Å²) in [4.78, 5) is 14.5. The Hall–Kier alpha value is -6.63. The van der Waals surface area contributed by atoms with Crippen molar-refractivity contribution in [2.45, 2.75) is 6.18 Å². The number of nitriles is 3. The summed E-state index contributed by atoms with van der Waals surface area (Å²) in [5, 5.41) is 29.0. The summed E-state index contributed by atoms with van der Waals surface area (Å²) in [6.45, 7) is 0. The zero-order chi connectivity index (χ0) is 32.0. The van der Waals surface area contributed by atoms with Gasteiger partial charge in [0.05, 0.1) is 74.1 Å². The van der Waals surface area contributed by atoms with E-state index in [1.54, 1.807) is 97.1 Å². The van der Waals surface area contributed by atoms with Crippen molar-refractivity contribution < 1.29 is 13.2 Å². The van der Waals surface area contributed by atoms with Crippen LogP contribution in [0.5, 0.6) is 0 Å². The quantitative estimate of drug-likeness (QED) is 0.187. The molecule has 0 N–H and O–H groups in total. The molecule has 9 heteroatoms. The highest BCUT2D eigenvalue weighted by atomic mass is 19.4. The minimum absolute atomic E-state index is 0.00690. The highest BCUT2D eigenvalue weighted by Crippen LogP contribution is 2.45. The van der Waals surface area contributed by atoms with E-state index in [1.807, 2.05) is 0 Å². The first-order valence-electron chi connectivity index (χ1n) is 14.0. The van der Waals surface area contributed by atoms with Gasteiger partial charge in [0.25, 0.3) is 0 Å². The first-order chi connectivity index (χ1) is 22.3. The van der Waals surface area contributed by atoms with Gasteiger partial charge in [0, 0.05) is 32.8 Å². The van der Waals surface area contributed by atoms with Crippen molar-refractivity contribution in [1.82, 2.24) is 15.0 Å². The number of hydrogen-bond acceptors (Lipinski definition) is 6. The van der Waals surface area contributed by atoms with Crippen molar-refractivity contribution in [3.63, 3.8) is 0 Å². The van der Waals surface area contributed by atoms with Gasteiger partial charge in [0.2, 0.25) is 0 Å². The fourth-order valence-corrected chi connectivity index (χ4v) is 5.68. The first kappa shape index (κ1) is 28.2. The van der Waals surface area contributed by atoms with Crippen LogP contribution in [0.3, 0.4) is 0 Å². The Morgan fingerprint density at radius 3 is 1.72 bits per heavy atom. The zero-order valence-electron chi connectivity index (χ0n) is 23.6. The average molecular weight is 603 g/mol. The van der Waals surface area contributed by atoms with E-state index in [2.05, 4.69) is 23.2 Å². The maximum atomic E-state index is 15.0. The molecule has 7 aromatic rings. The normalized spacial score (nSPS) is 11.3. The lowest BCUT2D eigenvalue weighted by molar-refractivity contribution is -0.136. The number of rotatable bonds is 3. The lowest BCUT2D eigenvalue weighted by atomic mass is 9.92. The Balaban J connectivity index is 1.70. The van der Waals surface area contributed by atoms with Crippen molar-refractivity contribution in [3.8, 4) is 52.0 Å². The minimum atomic E-state index is -4.81. The van der Waals surface area contributed by atoms with Crippen molar-refractivity contribution >= 4 is 32.7 Å². The molecule has 46 heavy (non-hydrogen) atoms. The predicted octanol–water partition coefficient (Wildman–Crippen LogP) is 8.97. The molecule has 216 valence electrons. The summed E-state index contributed by atoms with van der Waals surface area (Å²) >= 11 is 0. The highest BCUT2D eigenvalue weighted by molar-refractivity contribution is 6.22. The molecule has 2 aromatic heterocycles. The molecule has 0 aliphatic carbocycles. The number of benzene rings is 5. The van der Waals surface area contributed by atoms with Gasteiger partial charge in [-0.25, -0.2) is 15.0 Å². The molecule has 0 atom stereocenters. The fourth-order valence-electron chi connectivity index (χ4n) is 5.68. The zero-order valence-corrected chi connectivity index (χ0v) is 23.6. The van der Waals surface area contributed by atoms with Crippen LogP contribution in [0, 0.1) is 34.0 Å². The highest BCUT2D eigenvalue weighted by Gasteiger charge is 2.36. The lowest BCUT2D eigenvalue weighted by Gasteiger charge is -2.19. The van der Waals surface area contributed by atoms with Crippen molar-refractivity contribution in [2.24, 2.45) is 0 Å². The van der Waals surface area contributed by atoms with Gasteiger partial charge in [0.15, 0.2) is 0 Å². The average Bonchev–Trinajstić information content (AvgIpc) is 3.09. The van der Waals surface area contributed by atoms with E-state index in [-0.39, 0.29) is 38.6 Å². The smallest absolute Gasteiger partial charge is 0.247 e. The van der Waals surface area contributed by atoms with Crippen LogP contribution in [0.25, 0.3) is 66.5 Å². The number of fused-ring (bicyclic) bond motifs is 5. The summed E-state index contributed by atoms with van der Waals surface area (Å²) in [5.74, 6) is 0. The number of alkyl halides is 3. The molecule has 5 aromatic carbocycles. The molecule has 6 nitrogen and oxygen atoms in total. The van der Waals surface area contributed by atoms with Crippen LogP contribution < -0.4 is 0 Å². The number of pyridine rings is 1. The molecule has 0 aliphatic rings. The molecule has 0 amide bonds. The van der Waals surface area contributed by atoms with Crippen LogP contribution in [-0.4, -0.2) is 15.0 Å². The number of hydrogen-bond donors (Lipinski definition) is 0. The molecule has 0 spiro atoms. The van der Waals surface area contributed by atoms with Gasteiger partial charge in [-0.3, -0.25) is 0 Å². The second-order valence-electron chi connectivity index (χ2n) is 10.5. The molecule has 0 unspecified atom stereocenters. The van der Waals surface area contributed by atoms with Gasteiger partial charge in [0.1, 0.15) is 0 Å². The van der Waals surface area contributed by atoms with Crippen molar-refractivity contribution in [1.29, 1.82) is 15.8 Å². The standard InChI is InChI=1S/C37H17F3N6/c38-37(39,40)28-17-30-36(31-27-7-3-4-8-29(27)44-35(32(28)31)26-6-2-1-5-25(26)20-43)46-34(24-15-11-22(19-42)12-16-24)33(45-30)23-13-9-21(18-41)10-14-23/h1-17H. The first-order valence-corrected chi connectivity index (χ1v) is 14.0. The summed E-state index contributed by atoms with van der Waals surface area (Å²) in [6, 6.07) is 33.7. The SMILES string of the molecule is N#Cc1ccc(-c2nc3cc(C(F)(F)F)c4c(-c5ccccc5C#N)nc5ccccc5c4c3nc2-c2ccc(C#N)cc2)cc1. The van der Waals surface area contributed by atoms with Gasteiger partial charge in [-0.05, 0) is 42.5 Å².